The van der Waals surface area contributed by atoms with E-state index in [1.807, 2.05) is 4.68 Å². The minimum atomic E-state index is -3.59. The van der Waals surface area contributed by atoms with Crippen LogP contribution in [-0.2, 0) is 28.4 Å². The largest absolute Gasteiger partial charge is 0.368 e. The first-order chi connectivity index (χ1) is 11.4. The van der Waals surface area contributed by atoms with E-state index in [0.29, 0.717) is 42.4 Å². The molecule has 9 nitrogen and oxygen atoms in total. The van der Waals surface area contributed by atoms with Crippen LogP contribution in [0, 0.1) is 13.8 Å². The SMILES string of the molecule is Cc1nn(C)c(C)c1S(=O)(=O)N1CC[C@H]2[C@H](C1)OCc1cnnn12. The lowest BCUT2D eigenvalue weighted by Gasteiger charge is -2.40. The van der Waals surface area contributed by atoms with Gasteiger partial charge in [0.05, 0.1) is 42.0 Å². The van der Waals surface area contributed by atoms with Crippen molar-refractivity contribution in [2.24, 2.45) is 7.05 Å². The van der Waals surface area contributed by atoms with Crippen LogP contribution in [0.15, 0.2) is 11.1 Å². The van der Waals surface area contributed by atoms with Crippen molar-refractivity contribution < 1.29 is 13.2 Å². The molecule has 2 atom stereocenters. The van der Waals surface area contributed by atoms with Crippen molar-refractivity contribution in [1.29, 1.82) is 0 Å². The monoisotopic (exact) mass is 352 g/mol. The quantitative estimate of drug-likeness (QED) is 0.764. The van der Waals surface area contributed by atoms with E-state index >= 15 is 0 Å². The Hall–Kier alpha value is -1.78. The summed E-state index contributed by atoms with van der Waals surface area (Å²) in [5.74, 6) is 0. The zero-order chi connectivity index (χ0) is 17.1. The molecule has 0 aromatic carbocycles. The normalized spacial score (nSPS) is 24.6. The number of aryl methyl sites for hydroxylation is 2. The standard InChI is InChI=1S/C14H20N6O3S/c1-9-14(10(2)18(3)16-9)24(21,22)19-5-4-12-13(7-19)23-8-11-6-15-17-20(11)12/h6,12-13H,4-5,7-8H2,1-3H3/t12-,13-/m0/s1. The fraction of sp³-hybridized carbons (Fsp3) is 0.643. The highest BCUT2D eigenvalue weighted by Gasteiger charge is 2.41. The summed E-state index contributed by atoms with van der Waals surface area (Å²) >= 11 is 0. The number of hydrogen-bond donors (Lipinski definition) is 0. The van der Waals surface area contributed by atoms with Crippen molar-refractivity contribution in [3.63, 3.8) is 0 Å². The van der Waals surface area contributed by atoms with Gasteiger partial charge in [-0.15, -0.1) is 5.10 Å². The molecule has 0 saturated carbocycles. The minimum absolute atomic E-state index is 0.0405. The fourth-order valence-corrected chi connectivity index (χ4v) is 5.50. The first-order valence-electron chi connectivity index (χ1n) is 7.90. The molecule has 130 valence electrons. The van der Waals surface area contributed by atoms with Crippen LogP contribution in [0.1, 0.15) is 29.5 Å². The van der Waals surface area contributed by atoms with Crippen molar-refractivity contribution in [3.8, 4) is 0 Å². The van der Waals surface area contributed by atoms with Crippen molar-refractivity contribution in [1.82, 2.24) is 29.1 Å². The van der Waals surface area contributed by atoms with Crippen LogP contribution in [0.3, 0.4) is 0 Å². The summed E-state index contributed by atoms with van der Waals surface area (Å²) in [5.41, 5.74) is 2.12. The number of fused-ring (bicyclic) bond motifs is 3. The van der Waals surface area contributed by atoms with Gasteiger partial charge in [-0.3, -0.25) is 4.68 Å². The van der Waals surface area contributed by atoms with E-state index in [2.05, 4.69) is 15.4 Å². The van der Waals surface area contributed by atoms with Gasteiger partial charge in [0.2, 0.25) is 10.0 Å². The van der Waals surface area contributed by atoms with E-state index in [-0.39, 0.29) is 12.1 Å². The molecule has 1 fully saturated rings. The van der Waals surface area contributed by atoms with Crippen LogP contribution < -0.4 is 0 Å². The molecule has 2 aliphatic rings. The van der Waals surface area contributed by atoms with E-state index in [1.54, 1.807) is 31.8 Å². The van der Waals surface area contributed by atoms with Crippen molar-refractivity contribution in [2.75, 3.05) is 13.1 Å². The summed E-state index contributed by atoms with van der Waals surface area (Å²) in [6.07, 6.45) is 2.14. The topological polar surface area (TPSA) is 95.1 Å². The first-order valence-corrected chi connectivity index (χ1v) is 9.34. The summed E-state index contributed by atoms with van der Waals surface area (Å²) in [6, 6.07) is 0.0405. The van der Waals surface area contributed by atoms with Gasteiger partial charge in [0.1, 0.15) is 4.90 Å². The van der Waals surface area contributed by atoms with Gasteiger partial charge in [0.15, 0.2) is 0 Å². The molecule has 0 radical (unpaired) electrons. The predicted octanol–water partition coefficient (Wildman–Crippen LogP) is 0.163. The molecule has 0 unspecified atom stereocenters. The molecule has 0 aliphatic carbocycles. The fourth-order valence-electron chi connectivity index (χ4n) is 3.63. The molecule has 4 rings (SSSR count). The number of ether oxygens (including phenoxy) is 1. The summed E-state index contributed by atoms with van der Waals surface area (Å²) in [6.45, 7) is 4.66. The molecule has 0 bridgehead atoms. The number of rotatable bonds is 2. The summed E-state index contributed by atoms with van der Waals surface area (Å²) < 4.78 is 37.0. The number of nitrogens with zero attached hydrogens (tertiary/aromatic N) is 6. The molecule has 2 aromatic heterocycles. The van der Waals surface area contributed by atoms with E-state index in [9.17, 15) is 8.42 Å². The maximum absolute atomic E-state index is 13.1. The van der Waals surface area contributed by atoms with Gasteiger partial charge in [-0.05, 0) is 20.3 Å². The number of sulfonamides is 1. The lowest BCUT2D eigenvalue weighted by Crippen LogP contribution is -2.50. The van der Waals surface area contributed by atoms with Crippen molar-refractivity contribution in [3.05, 3.63) is 23.3 Å². The Bertz CT molecular complexity index is 886. The van der Waals surface area contributed by atoms with Crippen LogP contribution in [0.4, 0.5) is 0 Å². The highest BCUT2D eigenvalue weighted by Crippen LogP contribution is 2.33. The molecule has 2 aromatic rings. The van der Waals surface area contributed by atoms with Gasteiger partial charge in [0, 0.05) is 20.1 Å². The predicted molar refractivity (Wildman–Crippen MR) is 83.7 cm³/mol. The number of hydrogen-bond acceptors (Lipinski definition) is 6. The summed E-state index contributed by atoms with van der Waals surface area (Å²) in [7, 11) is -1.84. The van der Waals surface area contributed by atoms with Crippen LogP contribution in [-0.4, -0.2) is 56.7 Å². The van der Waals surface area contributed by atoms with E-state index < -0.39 is 10.0 Å². The lowest BCUT2D eigenvalue weighted by atomic mass is 10.0. The molecular weight excluding hydrogens is 332 g/mol. The van der Waals surface area contributed by atoms with Gasteiger partial charge in [0.25, 0.3) is 0 Å². The third kappa shape index (κ3) is 2.20. The lowest BCUT2D eigenvalue weighted by molar-refractivity contribution is -0.0544. The second kappa shape index (κ2) is 5.36. The molecular formula is C14H20N6O3S. The average Bonchev–Trinajstić information content (AvgIpc) is 3.11. The molecule has 1 saturated heterocycles. The third-order valence-electron chi connectivity index (χ3n) is 4.94. The summed E-state index contributed by atoms with van der Waals surface area (Å²) in [5, 5.41) is 12.3. The van der Waals surface area contributed by atoms with Crippen LogP contribution in [0.25, 0.3) is 0 Å². The minimum Gasteiger partial charge on any atom is -0.368 e. The Morgan fingerprint density at radius 2 is 2.12 bits per heavy atom. The van der Waals surface area contributed by atoms with E-state index in [4.69, 9.17) is 4.74 Å². The Balaban J connectivity index is 1.63. The van der Waals surface area contributed by atoms with Gasteiger partial charge < -0.3 is 4.74 Å². The molecule has 0 N–H and O–H groups in total. The molecule has 10 heteroatoms. The number of piperidine rings is 1. The van der Waals surface area contributed by atoms with Gasteiger partial charge in [-0.25, -0.2) is 13.1 Å². The Labute approximate surface area is 140 Å². The Morgan fingerprint density at radius 1 is 1.33 bits per heavy atom. The maximum atomic E-state index is 13.1. The van der Waals surface area contributed by atoms with Gasteiger partial charge in [-0.1, -0.05) is 5.21 Å². The molecule has 4 heterocycles. The molecule has 2 aliphatic heterocycles. The van der Waals surface area contributed by atoms with Crippen molar-refractivity contribution >= 4 is 10.0 Å². The van der Waals surface area contributed by atoms with Gasteiger partial charge in [-0.2, -0.15) is 9.40 Å². The van der Waals surface area contributed by atoms with E-state index in [1.165, 1.54) is 4.31 Å². The smallest absolute Gasteiger partial charge is 0.246 e. The molecule has 0 spiro atoms. The van der Waals surface area contributed by atoms with E-state index in [0.717, 1.165) is 5.69 Å². The van der Waals surface area contributed by atoms with Crippen LogP contribution in [0.5, 0.6) is 0 Å². The zero-order valence-corrected chi connectivity index (χ0v) is 14.7. The first kappa shape index (κ1) is 15.7. The Kier molecular flexibility index (Phi) is 3.52. The zero-order valence-electron chi connectivity index (χ0n) is 13.9. The highest BCUT2D eigenvalue weighted by molar-refractivity contribution is 7.89. The third-order valence-corrected chi connectivity index (χ3v) is 7.05. The van der Waals surface area contributed by atoms with Crippen molar-refractivity contribution in [2.45, 2.75) is 43.9 Å². The number of aromatic nitrogens is 5. The van der Waals surface area contributed by atoms with Crippen LogP contribution >= 0.6 is 0 Å². The maximum Gasteiger partial charge on any atom is 0.246 e. The second-order valence-corrected chi connectivity index (χ2v) is 8.24. The Morgan fingerprint density at radius 3 is 2.83 bits per heavy atom. The molecule has 0 amide bonds. The van der Waals surface area contributed by atoms with Gasteiger partial charge >= 0.3 is 0 Å². The average molecular weight is 352 g/mol. The van der Waals surface area contributed by atoms with Crippen LogP contribution in [0.2, 0.25) is 0 Å². The summed E-state index contributed by atoms with van der Waals surface area (Å²) in [4.78, 5) is 0.306. The second-order valence-electron chi connectivity index (χ2n) is 6.36. The highest BCUT2D eigenvalue weighted by atomic mass is 32.2. The molecule has 24 heavy (non-hydrogen) atoms.